The molecule has 0 heterocycles. The van der Waals surface area contributed by atoms with Crippen LogP contribution in [0.5, 0.6) is 5.75 Å². The predicted octanol–water partition coefficient (Wildman–Crippen LogP) is 0.208. The molecule has 0 spiro atoms. The molecule has 0 atom stereocenters. The van der Waals surface area contributed by atoms with E-state index in [9.17, 15) is 0 Å². The fourth-order valence-corrected chi connectivity index (χ4v) is 0.977. The number of phenolic OH excluding ortho intramolecular Hbond substituents is 1. The Balaban J connectivity index is 2.46. The Hall–Kier alpha value is -1.71. The average Bonchev–Trinajstić information content (AvgIpc) is 2.08. The largest absolute Gasteiger partial charge is 0.508 e. The summed E-state index contributed by atoms with van der Waals surface area (Å²) in [6.07, 6.45) is 0.776. The molecule has 1 rings (SSSR count). The zero-order chi connectivity index (χ0) is 9.68. The summed E-state index contributed by atoms with van der Waals surface area (Å²) in [5.74, 6) is 0.379. The molecule has 4 heteroatoms. The van der Waals surface area contributed by atoms with E-state index in [0.29, 0.717) is 6.54 Å². The third-order valence-electron chi connectivity index (χ3n) is 1.63. The Morgan fingerprint density at radius 1 is 1.23 bits per heavy atom. The molecule has 0 aliphatic carbocycles. The summed E-state index contributed by atoms with van der Waals surface area (Å²) in [5.41, 5.74) is 11.4. The molecule has 0 saturated carbocycles. The number of guanidine groups is 1. The fourth-order valence-electron chi connectivity index (χ4n) is 0.977. The van der Waals surface area contributed by atoms with Crippen LogP contribution in [0.25, 0.3) is 0 Å². The Morgan fingerprint density at radius 3 is 2.38 bits per heavy atom. The molecule has 13 heavy (non-hydrogen) atoms. The summed E-state index contributed by atoms with van der Waals surface area (Å²) in [4.78, 5) is 3.85. The van der Waals surface area contributed by atoms with Crippen molar-refractivity contribution in [2.75, 3.05) is 6.54 Å². The third kappa shape index (κ3) is 3.46. The molecule has 0 radical (unpaired) electrons. The van der Waals surface area contributed by atoms with Gasteiger partial charge in [-0.15, -0.1) is 0 Å². The molecule has 0 amide bonds. The lowest BCUT2D eigenvalue weighted by atomic mass is 9.60. The van der Waals surface area contributed by atoms with Crippen molar-refractivity contribution in [3.63, 3.8) is 0 Å². The van der Waals surface area contributed by atoms with Crippen molar-refractivity contribution in [1.29, 1.82) is 0 Å². The second-order valence-electron chi connectivity index (χ2n) is 2.72. The van der Waals surface area contributed by atoms with Gasteiger partial charge in [0.1, 0.15) is 5.75 Å². The van der Waals surface area contributed by atoms with Gasteiger partial charge in [0.05, 0.1) is 0 Å². The van der Waals surface area contributed by atoms with Crippen molar-refractivity contribution in [1.82, 2.24) is 0 Å². The molecule has 5 N–H and O–H groups in total. The molecule has 70 valence electrons. The number of rotatable bonds is 3. The molecule has 4 nitrogen and oxygen atoms in total. The van der Waals surface area contributed by atoms with Gasteiger partial charge in [0.2, 0.25) is 0 Å². The smallest absolute Gasteiger partial charge is 0.185 e. The zero-order valence-corrected chi connectivity index (χ0v) is 7.27. The Kier molecular flexibility index (Phi) is 3.14. The molecule has 1 aromatic rings. The van der Waals surface area contributed by atoms with Gasteiger partial charge in [0.25, 0.3) is 0 Å². The lowest BCUT2D eigenvalue weighted by Gasteiger charge is -1.98. The van der Waals surface area contributed by atoms with Crippen LogP contribution in [0.3, 0.4) is 0 Å². The van der Waals surface area contributed by atoms with Gasteiger partial charge in [-0.25, -0.2) is 0 Å². The quantitative estimate of drug-likeness (QED) is 0.455. The normalized spacial score (nSPS) is 9.54. The lowest BCUT2D eigenvalue weighted by Crippen LogP contribution is -2.23. The zero-order valence-electron chi connectivity index (χ0n) is 7.27. The molecule has 0 bridgehead atoms. The number of aromatic hydroxyl groups is 1. The lowest BCUT2D eigenvalue weighted by molar-refractivity contribution is 0.475. The second-order valence-corrected chi connectivity index (χ2v) is 2.72. The summed E-state index contributed by atoms with van der Waals surface area (Å²) in [7, 11) is 0. The summed E-state index contributed by atoms with van der Waals surface area (Å²) in [5, 5.41) is 9.00. The Bertz CT molecular complexity index is 288. The first-order valence-corrected chi connectivity index (χ1v) is 4.02. The van der Waals surface area contributed by atoms with E-state index in [1.54, 1.807) is 12.1 Å². The van der Waals surface area contributed by atoms with Crippen molar-refractivity contribution in [2.24, 2.45) is 16.5 Å². The first-order chi connectivity index (χ1) is 6.18. The molecule has 0 unspecified atom stereocenters. The van der Waals surface area contributed by atoms with Crippen LogP contribution >= 0.6 is 0 Å². The highest BCUT2D eigenvalue weighted by molar-refractivity contribution is 5.75. The number of hydrogen-bond donors (Lipinski definition) is 3. The van der Waals surface area contributed by atoms with Crippen molar-refractivity contribution < 1.29 is 5.11 Å². The molecule has 0 aromatic heterocycles. The van der Waals surface area contributed by atoms with Gasteiger partial charge in [-0.05, 0) is 24.1 Å². The minimum Gasteiger partial charge on any atom is -0.508 e. The molecule has 1 aromatic carbocycles. The standard InChI is InChI=1S/C9H13N3O/c10-9(11)12-6-5-7-1-3-8(13)4-2-7/h1-4,13H,5-6H2,(H4,10,11,12)/i5-1,6-1. The van der Waals surface area contributed by atoms with Crippen LogP contribution in [-0.2, 0) is 6.42 Å². The minimum atomic E-state index is 0.110. The van der Waals surface area contributed by atoms with Gasteiger partial charge in [0, 0.05) is 6.54 Å². The molecular formula is C9H13N3O. The van der Waals surface area contributed by atoms with Crippen molar-refractivity contribution in [3.05, 3.63) is 29.8 Å². The van der Waals surface area contributed by atoms with Gasteiger partial charge in [-0.1, -0.05) is 12.1 Å². The van der Waals surface area contributed by atoms with Crippen LogP contribution in [0.4, 0.5) is 0 Å². The second kappa shape index (κ2) is 4.35. The summed E-state index contributed by atoms with van der Waals surface area (Å²) >= 11 is 0. The van der Waals surface area contributed by atoms with Gasteiger partial charge in [-0.2, -0.15) is 0 Å². The highest BCUT2D eigenvalue weighted by Crippen LogP contribution is 2.09. The third-order valence-corrected chi connectivity index (χ3v) is 1.63. The van der Waals surface area contributed by atoms with Crippen LogP contribution < -0.4 is 11.5 Å². The number of phenols is 1. The summed E-state index contributed by atoms with van der Waals surface area (Å²) in [6, 6.07) is 6.98. The predicted molar refractivity (Wildman–Crippen MR) is 52.5 cm³/mol. The SMILES string of the molecule is NC(N)=N[11CH2][11CH2]c1ccc(O)cc1. The van der Waals surface area contributed by atoms with Gasteiger partial charge < -0.3 is 16.6 Å². The van der Waals surface area contributed by atoms with Crippen LogP contribution in [0.1, 0.15) is 5.56 Å². The number of benzene rings is 1. The summed E-state index contributed by atoms with van der Waals surface area (Å²) < 4.78 is 0. The van der Waals surface area contributed by atoms with E-state index in [-0.39, 0.29) is 11.7 Å². The van der Waals surface area contributed by atoms with E-state index in [1.165, 1.54) is 0 Å². The van der Waals surface area contributed by atoms with Crippen molar-refractivity contribution in [2.45, 2.75) is 6.42 Å². The molecule has 0 aliphatic heterocycles. The first kappa shape index (κ1) is 9.38. The monoisotopic (exact) mass is 177 g/mol. The fraction of sp³-hybridized carbons (Fsp3) is 0.222. The maximum atomic E-state index is 9.00. The van der Waals surface area contributed by atoms with Crippen LogP contribution in [-0.4, -0.2) is 17.6 Å². The van der Waals surface area contributed by atoms with E-state index in [2.05, 4.69) is 4.99 Å². The topological polar surface area (TPSA) is 84.6 Å². The maximum Gasteiger partial charge on any atom is 0.185 e. The Morgan fingerprint density at radius 2 is 1.85 bits per heavy atom. The van der Waals surface area contributed by atoms with Crippen molar-refractivity contribution >= 4 is 5.96 Å². The molecule has 0 fully saturated rings. The number of nitrogens with two attached hydrogens (primary N) is 2. The molecule has 0 aliphatic rings. The van der Waals surface area contributed by atoms with E-state index >= 15 is 0 Å². The van der Waals surface area contributed by atoms with Gasteiger partial charge in [-0.3, -0.25) is 4.99 Å². The molecular weight excluding hydrogens is 164 g/mol. The van der Waals surface area contributed by atoms with Gasteiger partial charge >= 0.3 is 0 Å². The number of hydrogen-bond acceptors (Lipinski definition) is 2. The Labute approximate surface area is 76.9 Å². The van der Waals surface area contributed by atoms with Crippen LogP contribution in [0.15, 0.2) is 29.3 Å². The van der Waals surface area contributed by atoms with Crippen LogP contribution in [0, 0.1) is 0 Å². The van der Waals surface area contributed by atoms with Crippen molar-refractivity contribution in [3.8, 4) is 5.75 Å². The molecule has 0 saturated heterocycles. The highest BCUT2D eigenvalue weighted by atomic mass is 16.3. The average molecular weight is 177 g/mol. The minimum absolute atomic E-state index is 0.110. The first-order valence-electron chi connectivity index (χ1n) is 4.02. The number of nitrogens with zero attached hydrogens (tertiary/aromatic N) is 1. The summed E-state index contributed by atoms with van der Waals surface area (Å²) in [6.45, 7) is 0.576. The van der Waals surface area contributed by atoms with E-state index in [0.717, 1.165) is 12.0 Å². The maximum absolute atomic E-state index is 9.00. The van der Waals surface area contributed by atoms with E-state index in [4.69, 9.17) is 16.6 Å². The van der Waals surface area contributed by atoms with Gasteiger partial charge in [0.15, 0.2) is 5.96 Å². The number of aliphatic imine (C=N–C) groups is 1. The highest BCUT2D eigenvalue weighted by Gasteiger charge is 1.92. The van der Waals surface area contributed by atoms with E-state index < -0.39 is 0 Å². The van der Waals surface area contributed by atoms with E-state index in [1.807, 2.05) is 12.1 Å². The van der Waals surface area contributed by atoms with Crippen LogP contribution in [0.2, 0.25) is 0 Å².